The lowest BCUT2D eigenvalue weighted by atomic mass is 10.4. The maximum atomic E-state index is 12.0. The van der Waals surface area contributed by atoms with Crippen molar-refractivity contribution in [3.63, 3.8) is 0 Å². The first-order chi connectivity index (χ1) is 9.00. The lowest BCUT2D eigenvalue weighted by Gasteiger charge is -2.04. The highest BCUT2D eigenvalue weighted by molar-refractivity contribution is 7.91. The summed E-state index contributed by atoms with van der Waals surface area (Å²) in [6, 6.07) is 7.98. The van der Waals surface area contributed by atoms with Gasteiger partial charge in [0.2, 0.25) is 0 Å². The van der Waals surface area contributed by atoms with Crippen molar-refractivity contribution >= 4 is 15.8 Å². The van der Waals surface area contributed by atoms with Gasteiger partial charge in [-0.3, -0.25) is 0 Å². The van der Waals surface area contributed by atoms with E-state index in [1.807, 2.05) is 0 Å². The first kappa shape index (κ1) is 13.2. The third-order valence-electron chi connectivity index (χ3n) is 2.56. The Hall–Kier alpha value is -2.22. The number of rotatable bonds is 5. The average Bonchev–Trinajstić information content (AvgIpc) is 2.86. The molecule has 0 amide bonds. The first-order valence-corrected chi connectivity index (χ1v) is 7.09. The van der Waals surface area contributed by atoms with Gasteiger partial charge in [-0.1, -0.05) is 23.2 Å². The van der Waals surface area contributed by atoms with Gasteiger partial charge in [-0.2, -0.15) is 0 Å². The summed E-state index contributed by atoms with van der Waals surface area (Å²) in [4.78, 5) is 13.8. The van der Waals surface area contributed by atoms with Gasteiger partial charge < -0.3 is 10.1 Å². The lowest BCUT2D eigenvalue weighted by molar-refractivity contribution is -0.396. The van der Waals surface area contributed by atoms with Gasteiger partial charge in [0.25, 0.3) is 0 Å². The summed E-state index contributed by atoms with van der Waals surface area (Å²) in [5, 5.41) is 10.7. The fourth-order valence-electron chi connectivity index (χ4n) is 1.61. The van der Waals surface area contributed by atoms with Gasteiger partial charge in [0.05, 0.1) is 17.2 Å². The quantitative estimate of drug-likeness (QED) is 0.607. The maximum Gasteiger partial charge on any atom is 0.434 e. The molecule has 0 unspecified atom stereocenters. The Labute approximate surface area is 109 Å². The number of imidazole rings is 1. The van der Waals surface area contributed by atoms with Crippen LogP contribution in [0.4, 0.5) is 5.95 Å². The fraction of sp³-hybridized carbons (Fsp3) is 0.182. The molecule has 0 radical (unpaired) electrons. The Kier molecular flexibility index (Phi) is 3.61. The second-order valence-electron chi connectivity index (χ2n) is 3.81. The Morgan fingerprint density at radius 3 is 2.58 bits per heavy atom. The van der Waals surface area contributed by atoms with E-state index in [0.29, 0.717) is 0 Å². The van der Waals surface area contributed by atoms with Crippen molar-refractivity contribution in [2.45, 2.75) is 11.4 Å². The lowest BCUT2D eigenvalue weighted by Crippen LogP contribution is -2.14. The van der Waals surface area contributed by atoms with E-state index in [4.69, 9.17) is 0 Å². The van der Waals surface area contributed by atoms with Crippen LogP contribution in [-0.4, -0.2) is 28.6 Å². The molecule has 0 fully saturated rings. The minimum Gasteiger partial charge on any atom is -0.390 e. The van der Waals surface area contributed by atoms with Crippen molar-refractivity contribution in [2.24, 2.45) is 0 Å². The Morgan fingerprint density at radius 1 is 1.26 bits per heavy atom. The molecule has 1 heterocycles. The maximum absolute atomic E-state index is 12.0. The monoisotopic (exact) mass is 281 g/mol. The number of sulfone groups is 1. The highest BCUT2D eigenvalue weighted by Crippen LogP contribution is 2.13. The van der Waals surface area contributed by atoms with Crippen LogP contribution in [0, 0.1) is 10.1 Å². The third-order valence-corrected chi connectivity index (χ3v) is 4.27. The van der Waals surface area contributed by atoms with Crippen LogP contribution < -0.4 is 0 Å². The molecular weight excluding hydrogens is 270 g/mol. The molecule has 0 spiro atoms. The summed E-state index contributed by atoms with van der Waals surface area (Å²) < 4.78 is 25.2. The molecule has 2 aromatic rings. The molecule has 1 aromatic heterocycles. The standard InChI is InChI=1S/C11H11N3O4S/c15-14(16)11-12-6-7-13(11)8-9-19(17,18)10-4-2-1-3-5-10/h1-7H,8-9H2. The van der Waals surface area contributed by atoms with E-state index >= 15 is 0 Å². The van der Waals surface area contributed by atoms with Crippen LogP contribution in [0.5, 0.6) is 0 Å². The molecule has 0 atom stereocenters. The summed E-state index contributed by atoms with van der Waals surface area (Å²) in [5.74, 6) is -0.572. The van der Waals surface area contributed by atoms with Crippen molar-refractivity contribution in [3.8, 4) is 0 Å². The van der Waals surface area contributed by atoms with Crippen molar-refractivity contribution in [1.82, 2.24) is 9.55 Å². The predicted octanol–water partition coefficient (Wildman–Crippen LogP) is 1.27. The molecule has 0 aliphatic heterocycles. The summed E-state index contributed by atoms with van der Waals surface area (Å²) in [6.45, 7) is -0.00641. The van der Waals surface area contributed by atoms with E-state index in [2.05, 4.69) is 4.98 Å². The van der Waals surface area contributed by atoms with E-state index in [1.165, 1.54) is 29.1 Å². The SMILES string of the molecule is O=[N+]([O-])c1nccn1CCS(=O)(=O)c1ccccc1. The fourth-order valence-corrected chi connectivity index (χ4v) is 2.86. The van der Waals surface area contributed by atoms with Crippen LogP contribution in [0.15, 0.2) is 47.6 Å². The van der Waals surface area contributed by atoms with Crippen LogP contribution in [0.1, 0.15) is 0 Å². The highest BCUT2D eigenvalue weighted by Gasteiger charge is 2.19. The van der Waals surface area contributed by atoms with Gasteiger partial charge in [-0.15, -0.1) is 0 Å². The molecule has 100 valence electrons. The molecular formula is C11H11N3O4S. The van der Waals surface area contributed by atoms with Crippen LogP contribution in [-0.2, 0) is 16.4 Å². The zero-order valence-corrected chi connectivity index (χ0v) is 10.7. The number of benzene rings is 1. The molecule has 19 heavy (non-hydrogen) atoms. The van der Waals surface area contributed by atoms with E-state index in [1.54, 1.807) is 18.2 Å². The van der Waals surface area contributed by atoms with Crippen molar-refractivity contribution in [3.05, 3.63) is 52.8 Å². The van der Waals surface area contributed by atoms with Gasteiger partial charge in [-0.25, -0.2) is 13.0 Å². The number of hydrogen-bond acceptors (Lipinski definition) is 5. The molecule has 0 saturated heterocycles. The second kappa shape index (κ2) is 5.19. The molecule has 0 aliphatic carbocycles. The van der Waals surface area contributed by atoms with E-state index in [0.717, 1.165) is 0 Å². The zero-order valence-electron chi connectivity index (χ0n) is 9.84. The normalized spacial score (nSPS) is 11.4. The molecule has 7 nitrogen and oxygen atoms in total. The Balaban J connectivity index is 2.15. The van der Waals surface area contributed by atoms with E-state index in [9.17, 15) is 18.5 Å². The minimum atomic E-state index is -3.45. The summed E-state index contributed by atoms with van der Waals surface area (Å²) in [7, 11) is -3.45. The van der Waals surface area contributed by atoms with Crippen LogP contribution in [0.2, 0.25) is 0 Å². The summed E-state index contributed by atoms with van der Waals surface area (Å²) in [6.07, 6.45) is 2.66. The van der Waals surface area contributed by atoms with Crippen LogP contribution in [0.3, 0.4) is 0 Å². The van der Waals surface area contributed by atoms with Gasteiger partial charge in [0.15, 0.2) is 9.84 Å². The summed E-state index contributed by atoms with van der Waals surface area (Å²) in [5.41, 5.74) is 0. The Morgan fingerprint density at radius 2 is 1.95 bits per heavy atom. The van der Waals surface area contributed by atoms with Gasteiger partial charge >= 0.3 is 5.95 Å². The molecule has 2 rings (SSSR count). The van der Waals surface area contributed by atoms with Crippen LogP contribution >= 0.6 is 0 Å². The molecule has 0 aliphatic rings. The molecule has 1 aromatic carbocycles. The smallest absolute Gasteiger partial charge is 0.390 e. The zero-order chi connectivity index (χ0) is 13.9. The number of aromatic nitrogens is 2. The number of nitro groups is 1. The molecule has 8 heteroatoms. The minimum absolute atomic E-state index is 0.00641. The average molecular weight is 281 g/mol. The van der Waals surface area contributed by atoms with E-state index < -0.39 is 14.8 Å². The predicted molar refractivity (Wildman–Crippen MR) is 67.4 cm³/mol. The summed E-state index contributed by atoms with van der Waals surface area (Å²) >= 11 is 0. The molecule has 0 saturated carbocycles. The number of hydrogen-bond donors (Lipinski definition) is 0. The Bertz CT molecular complexity index is 679. The molecule has 0 N–H and O–H groups in total. The third kappa shape index (κ3) is 2.97. The molecule has 0 bridgehead atoms. The van der Waals surface area contributed by atoms with Crippen LogP contribution in [0.25, 0.3) is 0 Å². The van der Waals surface area contributed by atoms with Gasteiger partial charge in [-0.05, 0) is 17.1 Å². The van der Waals surface area contributed by atoms with Gasteiger partial charge in [0.1, 0.15) is 12.4 Å². The largest absolute Gasteiger partial charge is 0.434 e. The van der Waals surface area contributed by atoms with Crippen molar-refractivity contribution in [2.75, 3.05) is 5.75 Å². The topological polar surface area (TPSA) is 95.1 Å². The van der Waals surface area contributed by atoms with Gasteiger partial charge in [0, 0.05) is 0 Å². The second-order valence-corrected chi connectivity index (χ2v) is 5.92. The highest BCUT2D eigenvalue weighted by atomic mass is 32.2. The van der Waals surface area contributed by atoms with Crippen molar-refractivity contribution < 1.29 is 13.3 Å². The number of nitrogens with zero attached hydrogens (tertiary/aromatic N) is 3. The number of aryl methyl sites for hydroxylation is 1. The first-order valence-electron chi connectivity index (χ1n) is 5.44. The van der Waals surface area contributed by atoms with E-state index in [-0.39, 0.29) is 23.1 Å². The van der Waals surface area contributed by atoms with Crippen molar-refractivity contribution in [1.29, 1.82) is 0 Å².